The van der Waals surface area contributed by atoms with E-state index in [9.17, 15) is 0 Å². The summed E-state index contributed by atoms with van der Waals surface area (Å²) in [4.78, 5) is 5.74. The molecule has 0 amide bonds. The average Bonchev–Trinajstić information content (AvgIpc) is 2.78. The molecule has 170 valence electrons. The highest BCUT2D eigenvalue weighted by Gasteiger charge is 2.06. The zero-order valence-electron chi connectivity index (χ0n) is 19.4. The van der Waals surface area contributed by atoms with Gasteiger partial charge in [-0.3, -0.25) is 4.99 Å². The van der Waals surface area contributed by atoms with Gasteiger partial charge in [-0.05, 0) is 64.2 Å². The predicted octanol–water partition coefficient (Wildman–Crippen LogP) is 5.51. The summed E-state index contributed by atoms with van der Waals surface area (Å²) >= 11 is 0.783. The molecule has 0 atom stereocenters. The third-order valence-electron chi connectivity index (χ3n) is 4.46. The molecule has 0 aliphatic rings. The highest BCUT2D eigenvalue weighted by atomic mass is 32.2. The monoisotopic (exact) mass is 442 g/mol. The number of nitrogens with one attached hydrogen (secondary N) is 3. The van der Waals surface area contributed by atoms with Crippen molar-refractivity contribution in [1.29, 1.82) is 0 Å². The van der Waals surface area contributed by atoms with E-state index in [1.165, 1.54) is 11.3 Å². The van der Waals surface area contributed by atoms with Gasteiger partial charge in [0.05, 0.1) is 5.69 Å². The maximum Gasteiger partial charge on any atom is 0.0722 e. The SMILES string of the molecule is C=C(NCCCNC)c1ccccc1N=C(CCC)CNC.Cc1cccc(SO)c1. The molecule has 31 heavy (non-hydrogen) atoms. The van der Waals surface area contributed by atoms with Crippen LogP contribution in [0, 0.1) is 6.92 Å². The lowest BCUT2D eigenvalue weighted by molar-refractivity contribution is 0.664. The fourth-order valence-corrected chi connectivity index (χ4v) is 3.32. The van der Waals surface area contributed by atoms with Gasteiger partial charge in [0.1, 0.15) is 0 Å². The van der Waals surface area contributed by atoms with Gasteiger partial charge < -0.3 is 20.5 Å². The van der Waals surface area contributed by atoms with E-state index in [0.717, 1.165) is 72.8 Å². The second kappa shape index (κ2) is 16.6. The van der Waals surface area contributed by atoms with E-state index >= 15 is 0 Å². The number of aryl methyl sites for hydroxylation is 1. The second-order valence-corrected chi connectivity index (χ2v) is 7.90. The molecule has 0 aromatic heterocycles. The van der Waals surface area contributed by atoms with Crippen molar-refractivity contribution in [3.8, 4) is 0 Å². The minimum Gasteiger partial charge on any atom is -0.385 e. The third kappa shape index (κ3) is 11.2. The first-order valence-corrected chi connectivity index (χ1v) is 11.6. The predicted molar refractivity (Wildman–Crippen MR) is 138 cm³/mol. The van der Waals surface area contributed by atoms with Crippen molar-refractivity contribution in [3.05, 3.63) is 66.2 Å². The molecule has 0 unspecified atom stereocenters. The van der Waals surface area contributed by atoms with E-state index in [-0.39, 0.29) is 0 Å². The van der Waals surface area contributed by atoms with Crippen LogP contribution in [0.4, 0.5) is 5.69 Å². The van der Waals surface area contributed by atoms with Gasteiger partial charge in [-0.25, -0.2) is 0 Å². The standard InChI is InChI=1S/C18H30N4.C7H8OS/c1-5-9-16(14-20-4)22-18-11-7-6-10-17(18)15(2)21-13-8-12-19-3;1-6-3-2-4-7(5-6)9-8/h6-7,10-11,19-21H,2,5,8-9,12-14H2,1,3-4H3;2-5,8H,1H3. The van der Waals surface area contributed by atoms with Crippen molar-refractivity contribution in [1.82, 2.24) is 16.0 Å². The Bertz CT molecular complexity index is 800. The summed E-state index contributed by atoms with van der Waals surface area (Å²) in [6.45, 7) is 11.1. The van der Waals surface area contributed by atoms with Gasteiger partial charge in [-0.2, -0.15) is 0 Å². The van der Waals surface area contributed by atoms with E-state index in [1.807, 2.05) is 57.4 Å². The lowest BCUT2D eigenvalue weighted by Crippen LogP contribution is -2.19. The normalized spacial score (nSPS) is 10.9. The Morgan fingerprint density at radius 2 is 1.84 bits per heavy atom. The minimum atomic E-state index is 0.783. The maximum absolute atomic E-state index is 8.58. The summed E-state index contributed by atoms with van der Waals surface area (Å²) in [6, 6.07) is 15.9. The highest BCUT2D eigenvalue weighted by Crippen LogP contribution is 2.24. The van der Waals surface area contributed by atoms with Gasteiger partial charge in [-0.1, -0.05) is 50.3 Å². The first-order valence-electron chi connectivity index (χ1n) is 10.8. The molecule has 6 heteroatoms. The summed E-state index contributed by atoms with van der Waals surface area (Å²) in [7, 11) is 3.93. The van der Waals surface area contributed by atoms with Crippen LogP contribution in [0.2, 0.25) is 0 Å². The van der Waals surface area contributed by atoms with Gasteiger partial charge in [0, 0.05) is 47.0 Å². The lowest BCUT2D eigenvalue weighted by atomic mass is 10.1. The molecule has 2 aromatic rings. The largest absolute Gasteiger partial charge is 0.385 e. The molecule has 0 aliphatic carbocycles. The Morgan fingerprint density at radius 3 is 2.45 bits per heavy atom. The van der Waals surface area contributed by atoms with Crippen LogP contribution in [0.5, 0.6) is 0 Å². The Hall–Kier alpha value is -2.12. The van der Waals surface area contributed by atoms with Gasteiger partial charge in [0.15, 0.2) is 0 Å². The van der Waals surface area contributed by atoms with Crippen LogP contribution >= 0.6 is 12.0 Å². The quantitative estimate of drug-likeness (QED) is 0.198. The van der Waals surface area contributed by atoms with Crippen LogP contribution in [-0.2, 0) is 0 Å². The molecule has 5 nitrogen and oxygen atoms in total. The smallest absolute Gasteiger partial charge is 0.0722 e. The van der Waals surface area contributed by atoms with Crippen LogP contribution in [0.15, 0.2) is 65.0 Å². The first kappa shape index (κ1) is 26.9. The number of aliphatic imine (C=N–C) groups is 1. The Kier molecular flexibility index (Phi) is 14.4. The summed E-state index contributed by atoms with van der Waals surface area (Å²) in [5.41, 5.74) is 5.37. The molecule has 0 spiro atoms. The molecule has 2 rings (SSSR count). The topological polar surface area (TPSA) is 68.7 Å². The van der Waals surface area contributed by atoms with E-state index in [2.05, 4.69) is 41.6 Å². The second-order valence-electron chi connectivity index (χ2n) is 7.25. The van der Waals surface area contributed by atoms with E-state index < -0.39 is 0 Å². The Morgan fingerprint density at radius 1 is 1.06 bits per heavy atom. The summed E-state index contributed by atoms with van der Waals surface area (Å²) < 4.78 is 8.58. The van der Waals surface area contributed by atoms with Crippen molar-refractivity contribution < 1.29 is 4.55 Å². The van der Waals surface area contributed by atoms with E-state index in [1.54, 1.807) is 0 Å². The molecule has 0 saturated heterocycles. The number of hydrogen-bond acceptors (Lipinski definition) is 6. The van der Waals surface area contributed by atoms with Crippen LogP contribution in [0.1, 0.15) is 37.3 Å². The zero-order chi connectivity index (χ0) is 22.9. The number of para-hydroxylation sites is 1. The van der Waals surface area contributed by atoms with Crippen LogP contribution in [-0.4, -0.2) is 44.0 Å². The fraction of sp³-hybridized carbons (Fsp3) is 0.400. The van der Waals surface area contributed by atoms with Gasteiger partial charge in [-0.15, -0.1) is 0 Å². The van der Waals surface area contributed by atoms with Crippen LogP contribution in [0.3, 0.4) is 0 Å². The van der Waals surface area contributed by atoms with Crippen molar-refractivity contribution in [2.45, 2.75) is 38.0 Å². The van der Waals surface area contributed by atoms with E-state index in [4.69, 9.17) is 9.55 Å². The number of nitrogens with zero attached hydrogens (tertiary/aromatic N) is 1. The lowest BCUT2D eigenvalue weighted by Gasteiger charge is -2.13. The average molecular weight is 443 g/mol. The molecule has 0 aliphatic heterocycles. The molecule has 0 bridgehead atoms. The maximum atomic E-state index is 8.58. The van der Waals surface area contributed by atoms with Crippen molar-refractivity contribution in [3.63, 3.8) is 0 Å². The summed E-state index contributed by atoms with van der Waals surface area (Å²) in [6.07, 6.45) is 3.19. The van der Waals surface area contributed by atoms with Gasteiger partial charge in [0.25, 0.3) is 0 Å². The first-order chi connectivity index (χ1) is 15.0. The third-order valence-corrected chi connectivity index (χ3v) is 4.93. The molecule has 4 N–H and O–H groups in total. The van der Waals surface area contributed by atoms with Crippen LogP contribution < -0.4 is 16.0 Å². The summed E-state index contributed by atoms with van der Waals surface area (Å²) in [5.74, 6) is 0. The van der Waals surface area contributed by atoms with Crippen molar-refractivity contribution >= 4 is 29.1 Å². The van der Waals surface area contributed by atoms with E-state index in [0.29, 0.717) is 0 Å². The molecule has 2 aromatic carbocycles. The number of benzene rings is 2. The minimum absolute atomic E-state index is 0.783. The Balaban J connectivity index is 0.000000442. The Labute approximate surface area is 192 Å². The number of rotatable bonds is 12. The molecule has 0 saturated carbocycles. The molecular formula is C25H38N4OS. The van der Waals surface area contributed by atoms with Gasteiger partial charge >= 0.3 is 0 Å². The zero-order valence-corrected chi connectivity index (χ0v) is 20.2. The molecular weight excluding hydrogens is 404 g/mol. The molecule has 0 radical (unpaired) electrons. The van der Waals surface area contributed by atoms with Crippen molar-refractivity contribution in [2.75, 3.05) is 33.7 Å². The fourth-order valence-electron chi connectivity index (χ4n) is 2.94. The number of hydrogen-bond donors (Lipinski definition) is 4. The van der Waals surface area contributed by atoms with Gasteiger partial charge in [0.2, 0.25) is 0 Å². The van der Waals surface area contributed by atoms with Crippen LogP contribution in [0.25, 0.3) is 5.70 Å². The summed E-state index contributed by atoms with van der Waals surface area (Å²) in [5, 5.41) is 9.73. The molecule has 0 heterocycles. The highest BCUT2D eigenvalue weighted by molar-refractivity contribution is 7.93. The molecule has 0 fully saturated rings. The van der Waals surface area contributed by atoms with Crippen molar-refractivity contribution in [2.24, 2.45) is 4.99 Å².